The second-order valence-corrected chi connectivity index (χ2v) is 6.39. The molecule has 2 atom stereocenters. The normalized spacial score (nSPS) is 42.7. The van der Waals surface area contributed by atoms with Crippen LogP contribution in [0.1, 0.15) is 53.4 Å². The first kappa shape index (κ1) is 10.9. The number of rotatable bonds is 2. The fourth-order valence-electron chi connectivity index (χ4n) is 3.83. The molecule has 1 nitrogen and oxygen atoms in total. The zero-order valence-corrected chi connectivity index (χ0v) is 10.4. The summed E-state index contributed by atoms with van der Waals surface area (Å²) >= 11 is 0. The van der Waals surface area contributed by atoms with E-state index >= 15 is 0 Å². The SMILES string of the molecule is CC(=O)C=CC12CC1(C)CCCC2(C)C. The molecule has 1 heteroatoms. The average molecular weight is 206 g/mol. The molecule has 0 heterocycles. The van der Waals surface area contributed by atoms with Crippen molar-refractivity contribution in [1.82, 2.24) is 0 Å². The molecule has 0 spiro atoms. The Kier molecular flexibility index (Phi) is 2.15. The van der Waals surface area contributed by atoms with Gasteiger partial charge in [0.05, 0.1) is 0 Å². The number of hydrogen-bond acceptors (Lipinski definition) is 1. The molecule has 0 bridgehead atoms. The zero-order valence-electron chi connectivity index (χ0n) is 10.4. The molecule has 2 aliphatic carbocycles. The van der Waals surface area contributed by atoms with Crippen LogP contribution in [0.2, 0.25) is 0 Å². The highest BCUT2D eigenvalue weighted by atomic mass is 16.1. The lowest BCUT2D eigenvalue weighted by Crippen LogP contribution is -2.32. The minimum atomic E-state index is 0.181. The molecular weight excluding hydrogens is 184 g/mol. The molecule has 0 N–H and O–H groups in total. The van der Waals surface area contributed by atoms with Crippen molar-refractivity contribution in [3.8, 4) is 0 Å². The van der Waals surface area contributed by atoms with E-state index in [1.54, 1.807) is 13.0 Å². The Morgan fingerprint density at radius 2 is 1.87 bits per heavy atom. The van der Waals surface area contributed by atoms with Gasteiger partial charge in [0, 0.05) is 0 Å². The molecule has 0 amide bonds. The van der Waals surface area contributed by atoms with Gasteiger partial charge in [-0.3, -0.25) is 4.79 Å². The monoisotopic (exact) mass is 206 g/mol. The highest BCUT2D eigenvalue weighted by molar-refractivity contribution is 5.87. The molecule has 0 aromatic heterocycles. The van der Waals surface area contributed by atoms with Crippen molar-refractivity contribution in [3.05, 3.63) is 12.2 Å². The van der Waals surface area contributed by atoms with Gasteiger partial charge in [-0.2, -0.15) is 0 Å². The molecular formula is C14H22O. The quantitative estimate of drug-likeness (QED) is 0.629. The van der Waals surface area contributed by atoms with E-state index in [-0.39, 0.29) is 5.78 Å². The lowest BCUT2D eigenvalue weighted by molar-refractivity contribution is -0.112. The van der Waals surface area contributed by atoms with E-state index in [2.05, 4.69) is 26.8 Å². The first-order valence-corrected chi connectivity index (χ1v) is 6.03. The summed E-state index contributed by atoms with van der Waals surface area (Å²) < 4.78 is 0. The molecule has 2 fully saturated rings. The maximum absolute atomic E-state index is 11.1. The van der Waals surface area contributed by atoms with Gasteiger partial charge < -0.3 is 0 Å². The minimum Gasteiger partial charge on any atom is -0.295 e. The third-order valence-corrected chi connectivity index (χ3v) is 4.96. The van der Waals surface area contributed by atoms with E-state index in [1.807, 2.05) is 0 Å². The summed E-state index contributed by atoms with van der Waals surface area (Å²) in [4.78, 5) is 11.1. The van der Waals surface area contributed by atoms with E-state index in [0.29, 0.717) is 16.2 Å². The molecule has 2 aliphatic rings. The summed E-state index contributed by atoms with van der Waals surface area (Å²) in [7, 11) is 0. The van der Waals surface area contributed by atoms with Crippen molar-refractivity contribution in [1.29, 1.82) is 0 Å². The van der Waals surface area contributed by atoms with E-state index in [4.69, 9.17) is 0 Å². The van der Waals surface area contributed by atoms with Gasteiger partial charge in [-0.25, -0.2) is 0 Å². The third-order valence-electron chi connectivity index (χ3n) is 4.96. The molecule has 2 saturated carbocycles. The van der Waals surface area contributed by atoms with Crippen LogP contribution in [0.4, 0.5) is 0 Å². The van der Waals surface area contributed by atoms with Crippen molar-refractivity contribution in [2.45, 2.75) is 53.4 Å². The van der Waals surface area contributed by atoms with Gasteiger partial charge in [0.2, 0.25) is 0 Å². The van der Waals surface area contributed by atoms with Crippen molar-refractivity contribution in [2.75, 3.05) is 0 Å². The van der Waals surface area contributed by atoms with Gasteiger partial charge in [0.15, 0.2) is 5.78 Å². The molecule has 84 valence electrons. The average Bonchev–Trinajstić information content (AvgIpc) is 2.70. The minimum absolute atomic E-state index is 0.181. The van der Waals surface area contributed by atoms with E-state index in [0.717, 1.165) is 0 Å². The number of hydrogen-bond donors (Lipinski definition) is 0. The van der Waals surface area contributed by atoms with E-state index in [9.17, 15) is 4.79 Å². The van der Waals surface area contributed by atoms with Crippen LogP contribution in [0, 0.1) is 16.2 Å². The van der Waals surface area contributed by atoms with Crippen molar-refractivity contribution < 1.29 is 4.79 Å². The Balaban J connectivity index is 2.29. The molecule has 2 unspecified atom stereocenters. The van der Waals surface area contributed by atoms with Crippen molar-refractivity contribution in [3.63, 3.8) is 0 Å². The summed E-state index contributed by atoms with van der Waals surface area (Å²) in [5.41, 5.74) is 1.15. The Morgan fingerprint density at radius 1 is 1.20 bits per heavy atom. The Hall–Kier alpha value is -0.590. The van der Waals surface area contributed by atoms with Crippen molar-refractivity contribution in [2.24, 2.45) is 16.2 Å². The van der Waals surface area contributed by atoms with Crippen LogP contribution in [0.3, 0.4) is 0 Å². The number of allylic oxidation sites excluding steroid dienone is 2. The predicted octanol–water partition coefficient (Wildman–Crippen LogP) is 3.74. The lowest BCUT2D eigenvalue weighted by atomic mass is 9.63. The number of fused-ring (bicyclic) bond motifs is 1. The Bertz CT molecular complexity index is 326. The number of ketones is 1. The Morgan fingerprint density at radius 3 is 2.40 bits per heavy atom. The predicted molar refractivity (Wildman–Crippen MR) is 62.6 cm³/mol. The lowest BCUT2D eigenvalue weighted by Gasteiger charge is -2.41. The first-order valence-electron chi connectivity index (χ1n) is 6.03. The van der Waals surface area contributed by atoms with Gasteiger partial charge in [-0.05, 0) is 48.5 Å². The van der Waals surface area contributed by atoms with Crippen LogP contribution in [0.25, 0.3) is 0 Å². The zero-order chi connectivity index (χ0) is 11.3. The maximum atomic E-state index is 11.1. The largest absolute Gasteiger partial charge is 0.295 e. The van der Waals surface area contributed by atoms with Crippen LogP contribution < -0.4 is 0 Å². The molecule has 0 saturated heterocycles. The molecule has 15 heavy (non-hydrogen) atoms. The van der Waals surface area contributed by atoms with Gasteiger partial charge >= 0.3 is 0 Å². The second-order valence-electron chi connectivity index (χ2n) is 6.39. The number of carbonyl (C=O) groups is 1. The van der Waals surface area contributed by atoms with Gasteiger partial charge in [-0.1, -0.05) is 33.3 Å². The molecule has 0 aromatic carbocycles. The summed E-state index contributed by atoms with van der Waals surface area (Å²) in [6.45, 7) is 8.75. The van der Waals surface area contributed by atoms with Crippen LogP contribution in [0.15, 0.2) is 12.2 Å². The topological polar surface area (TPSA) is 17.1 Å². The van der Waals surface area contributed by atoms with E-state index in [1.165, 1.54) is 25.7 Å². The highest BCUT2D eigenvalue weighted by Crippen LogP contribution is 2.78. The molecule has 0 radical (unpaired) electrons. The van der Waals surface area contributed by atoms with E-state index < -0.39 is 0 Å². The maximum Gasteiger partial charge on any atom is 0.152 e. The summed E-state index contributed by atoms with van der Waals surface area (Å²) in [6.07, 6.45) is 9.26. The van der Waals surface area contributed by atoms with Gasteiger partial charge in [0.1, 0.15) is 0 Å². The summed E-state index contributed by atoms with van der Waals surface area (Å²) in [6, 6.07) is 0. The first-order chi connectivity index (χ1) is 6.83. The molecule has 0 aromatic rings. The van der Waals surface area contributed by atoms with Crippen LogP contribution in [-0.4, -0.2) is 5.78 Å². The van der Waals surface area contributed by atoms with Crippen LogP contribution in [-0.2, 0) is 4.79 Å². The van der Waals surface area contributed by atoms with Gasteiger partial charge in [0.25, 0.3) is 0 Å². The fraction of sp³-hybridized carbons (Fsp3) is 0.786. The summed E-state index contributed by atoms with van der Waals surface area (Å²) in [5.74, 6) is 0.181. The molecule has 2 rings (SSSR count). The van der Waals surface area contributed by atoms with Crippen molar-refractivity contribution >= 4 is 5.78 Å². The van der Waals surface area contributed by atoms with Crippen LogP contribution in [0.5, 0.6) is 0 Å². The smallest absolute Gasteiger partial charge is 0.152 e. The van der Waals surface area contributed by atoms with Gasteiger partial charge in [-0.15, -0.1) is 0 Å². The highest BCUT2D eigenvalue weighted by Gasteiger charge is 2.69. The number of carbonyl (C=O) groups excluding carboxylic acids is 1. The second kappa shape index (κ2) is 2.96. The fourth-order valence-corrected chi connectivity index (χ4v) is 3.83. The molecule has 0 aliphatic heterocycles. The summed E-state index contributed by atoms with van der Waals surface area (Å²) in [5, 5.41) is 0. The standard InChI is InChI=1S/C14H22O/c1-11(15)6-9-14-10-13(14,4)8-5-7-12(14,2)3/h6,9H,5,7-8,10H2,1-4H3. The Labute approximate surface area is 92.9 Å². The third kappa shape index (κ3) is 1.39. The van der Waals surface area contributed by atoms with Crippen LogP contribution >= 0.6 is 0 Å².